The predicted octanol–water partition coefficient (Wildman–Crippen LogP) is 6.60. The van der Waals surface area contributed by atoms with Crippen LogP contribution in [0.5, 0.6) is 0 Å². The fourth-order valence-corrected chi connectivity index (χ4v) is 4.52. The van der Waals surface area contributed by atoms with Crippen LogP contribution in [0.1, 0.15) is 22.3 Å². The van der Waals surface area contributed by atoms with Gasteiger partial charge in [0, 0.05) is 6.07 Å². The van der Waals surface area contributed by atoms with Gasteiger partial charge in [-0.1, -0.05) is 42.5 Å². The molecule has 3 nitrogen and oxygen atoms in total. The van der Waals surface area contributed by atoms with Crippen molar-refractivity contribution < 1.29 is 4.92 Å². The van der Waals surface area contributed by atoms with Crippen LogP contribution < -0.4 is 0 Å². The number of benzene rings is 4. The van der Waals surface area contributed by atoms with Gasteiger partial charge >= 0.3 is 0 Å². The van der Waals surface area contributed by atoms with E-state index in [0.29, 0.717) is 5.39 Å². The van der Waals surface area contributed by atoms with Crippen LogP contribution in [-0.4, -0.2) is 4.92 Å². The average Bonchev–Trinajstić information content (AvgIpc) is 3.09. The highest BCUT2D eigenvalue weighted by Crippen LogP contribution is 2.44. The number of nitro groups is 1. The molecule has 4 aromatic carbocycles. The lowest BCUT2D eigenvalue weighted by Crippen LogP contribution is -1.96. The monoisotopic (exact) mass is 365 g/mol. The van der Waals surface area contributed by atoms with Crippen molar-refractivity contribution in [3.05, 3.63) is 99.1 Å². The van der Waals surface area contributed by atoms with Crippen molar-refractivity contribution >= 4 is 16.5 Å². The summed E-state index contributed by atoms with van der Waals surface area (Å²) < 4.78 is 0. The average molecular weight is 365 g/mol. The maximum Gasteiger partial charge on any atom is 0.277 e. The molecule has 0 fully saturated rings. The van der Waals surface area contributed by atoms with E-state index in [2.05, 4.69) is 44.2 Å². The molecule has 0 N–H and O–H groups in total. The molecular formula is C25H19NO2. The highest BCUT2D eigenvalue weighted by atomic mass is 16.6. The molecule has 4 aromatic rings. The Hall–Kier alpha value is -3.46. The molecule has 0 spiro atoms. The van der Waals surface area contributed by atoms with E-state index in [-0.39, 0.29) is 10.6 Å². The third-order valence-electron chi connectivity index (χ3n) is 6.10. The standard InChI is InChI=1S/C25H19NO2/c1-15-16(2)23(14-24-18-8-4-3-7-17(18)13-22(15)24)20-11-12-25(26(27)28)21-10-6-5-9-19(20)21/h3-12,14H,13H2,1-2H3. The smallest absolute Gasteiger partial charge is 0.258 e. The summed E-state index contributed by atoms with van der Waals surface area (Å²) in [5.74, 6) is 0. The Balaban J connectivity index is 1.82. The molecule has 0 heterocycles. The molecule has 3 heteroatoms. The molecule has 28 heavy (non-hydrogen) atoms. The lowest BCUT2D eigenvalue weighted by atomic mass is 9.88. The maximum absolute atomic E-state index is 11.5. The van der Waals surface area contributed by atoms with Crippen molar-refractivity contribution in [2.24, 2.45) is 0 Å². The van der Waals surface area contributed by atoms with E-state index in [1.165, 1.54) is 33.4 Å². The van der Waals surface area contributed by atoms with Gasteiger partial charge in [-0.15, -0.1) is 0 Å². The zero-order chi connectivity index (χ0) is 19.4. The Bertz CT molecular complexity index is 1290. The Morgan fingerprint density at radius 3 is 2.25 bits per heavy atom. The summed E-state index contributed by atoms with van der Waals surface area (Å²) >= 11 is 0. The van der Waals surface area contributed by atoms with E-state index in [0.717, 1.165) is 22.9 Å². The third-order valence-corrected chi connectivity index (χ3v) is 6.10. The quantitative estimate of drug-likeness (QED) is 0.261. The lowest BCUT2D eigenvalue weighted by Gasteiger charge is -2.16. The van der Waals surface area contributed by atoms with Gasteiger partial charge in [-0.3, -0.25) is 10.1 Å². The number of hydrogen-bond donors (Lipinski definition) is 0. The second kappa shape index (κ2) is 6.03. The van der Waals surface area contributed by atoms with Crippen LogP contribution in [0.2, 0.25) is 0 Å². The number of fused-ring (bicyclic) bond motifs is 4. The van der Waals surface area contributed by atoms with Gasteiger partial charge in [0.15, 0.2) is 0 Å². The molecular weight excluding hydrogens is 346 g/mol. The maximum atomic E-state index is 11.5. The van der Waals surface area contributed by atoms with Crippen LogP contribution in [0.15, 0.2) is 66.7 Å². The number of rotatable bonds is 2. The van der Waals surface area contributed by atoms with Crippen LogP contribution in [0.25, 0.3) is 33.0 Å². The summed E-state index contributed by atoms with van der Waals surface area (Å²) in [4.78, 5) is 11.2. The topological polar surface area (TPSA) is 43.1 Å². The van der Waals surface area contributed by atoms with Gasteiger partial charge in [-0.05, 0) is 88.4 Å². The molecule has 136 valence electrons. The van der Waals surface area contributed by atoms with Crippen molar-refractivity contribution in [3.63, 3.8) is 0 Å². The zero-order valence-corrected chi connectivity index (χ0v) is 15.8. The van der Waals surface area contributed by atoms with Crippen molar-refractivity contribution in [2.75, 3.05) is 0 Å². The second-order valence-electron chi connectivity index (χ2n) is 7.47. The fourth-order valence-electron chi connectivity index (χ4n) is 4.52. The molecule has 0 aromatic heterocycles. The number of non-ortho nitro benzene ring substituents is 1. The van der Waals surface area contributed by atoms with Crippen LogP contribution in [-0.2, 0) is 6.42 Å². The van der Waals surface area contributed by atoms with Crippen molar-refractivity contribution in [3.8, 4) is 22.3 Å². The van der Waals surface area contributed by atoms with E-state index >= 15 is 0 Å². The van der Waals surface area contributed by atoms with Gasteiger partial charge in [0.05, 0.1) is 10.3 Å². The zero-order valence-electron chi connectivity index (χ0n) is 15.8. The predicted molar refractivity (Wildman–Crippen MR) is 114 cm³/mol. The number of hydrogen-bond acceptors (Lipinski definition) is 2. The molecule has 0 unspecified atom stereocenters. The SMILES string of the molecule is Cc1c(-c2ccc([N+](=O)[O-])c3ccccc23)cc2c(c1C)Cc1ccccc1-2. The van der Waals surface area contributed by atoms with Gasteiger partial charge in [0.1, 0.15) is 0 Å². The van der Waals surface area contributed by atoms with E-state index in [9.17, 15) is 10.1 Å². The van der Waals surface area contributed by atoms with Gasteiger partial charge in [0.2, 0.25) is 0 Å². The summed E-state index contributed by atoms with van der Waals surface area (Å²) in [6.45, 7) is 4.35. The summed E-state index contributed by atoms with van der Waals surface area (Å²) in [5.41, 5.74) is 10.3. The second-order valence-corrected chi connectivity index (χ2v) is 7.47. The Morgan fingerprint density at radius 2 is 1.46 bits per heavy atom. The van der Waals surface area contributed by atoms with Gasteiger partial charge < -0.3 is 0 Å². The summed E-state index contributed by atoms with van der Waals surface area (Å²) in [6.07, 6.45) is 0.972. The molecule has 0 atom stereocenters. The van der Waals surface area contributed by atoms with Crippen LogP contribution in [0, 0.1) is 24.0 Å². The minimum absolute atomic E-state index is 0.153. The first-order valence-corrected chi connectivity index (χ1v) is 9.44. The van der Waals surface area contributed by atoms with Crippen LogP contribution in [0.3, 0.4) is 0 Å². The first-order chi connectivity index (χ1) is 13.6. The van der Waals surface area contributed by atoms with Crippen LogP contribution >= 0.6 is 0 Å². The van der Waals surface area contributed by atoms with Gasteiger partial charge in [-0.25, -0.2) is 0 Å². The van der Waals surface area contributed by atoms with Crippen molar-refractivity contribution in [1.82, 2.24) is 0 Å². The largest absolute Gasteiger partial charge is 0.277 e. The molecule has 0 radical (unpaired) electrons. The third kappa shape index (κ3) is 2.29. The highest BCUT2D eigenvalue weighted by Gasteiger charge is 2.24. The van der Waals surface area contributed by atoms with E-state index < -0.39 is 0 Å². The number of nitro benzene ring substituents is 1. The Labute approximate surface area is 163 Å². The Kier molecular flexibility index (Phi) is 3.59. The summed E-state index contributed by atoms with van der Waals surface area (Å²) in [5, 5.41) is 13.1. The molecule has 0 saturated carbocycles. The normalized spacial score (nSPS) is 12.1. The summed E-state index contributed by atoms with van der Waals surface area (Å²) in [7, 11) is 0. The van der Waals surface area contributed by atoms with Crippen molar-refractivity contribution in [2.45, 2.75) is 20.3 Å². The minimum Gasteiger partial charge on any atom is -0.258 e. The minimum atomic E-state index is -0.302. The fraction of sp³-hybridized carbons (Fsp3) is 0.120. The van der Waals surface area contributed by atoms with Crippen LogP contribution in [0.4, 0.5) is 5.69 Å². The molecule has 0 amide bonds. The molecule has 1 aliphatic carbocycles. The van der Waals surface area contributed by atoms with E-state index in [4.69, 9.17) is 0 Å². The summed E-state index contributed by atoms with van der Waals surface area (Å²) in [6, 6.07) is 22.0. The van der Waals surface area contributed by atoms with E-state index in [1.54, 1.807) is 6.07 Å². The molecule has 0 saturated heterocycles. The van der Waals surface area contributed by atoms with Crippen molar-refractivity contribution in [1.29, 1.82) is 0 Å². The molecule has 0 aliphatic heterocycles. The van der Waals surface area contributed by atoms with E-state index in [1.807, 2.05) is 30.3 Å². The molecule has 1 aliphatic rings. The highest BCUT2D eigenvalue weighted by molar-refractivity contribution is 6.03. The lowest BCUT2D eigenvalue weighted by molar-refractivity contribution is -0.383. The number of nitrogens with zero attached hydrogens (tertiary/aromatic N) is 1. The first kappa shape index (κ1) is 16.7. The van der Waals surface area contributed by atoms with Gasteiger partial charge in [-0.2, -0.15) is 0 Å². The van der Waals surface area contributed by atoms with Gasteiger partial charge in [0.25, 0.3) is 5.69 Å². The molecule has 0 bridgehead atoms. The molecule has 5 rings (SSSR count). The Morgan fingerprint density at radius 1 is 0.750 bits per heavy atom. The first-order valence-electron chi connectivity index (χ1n) is 9.44.